The van der Waals surface area contributed by atoms with E-state index in [2.05, 4.69) is 20.8 Å². The van der Waals surface area contributed by atoms with E-state index in [1.807, 2.05) is 46.0 Å². The van der Waals surface area contributed by atoms with Crippen molar-refractivity contribution in [1.82, 2.24) is 20.1 Å². The van der Waals surface area contributed by atoms with E-state index in [-0.39, 0.29) is 23.6 Å². The summed E-state index contributed by atoms with van der Waals surface area (Å²) in [5.74, 6) is 1.15. The lowest BCUT2D eigenvalue weighted by molar-refractivity contribution is -0.113. The molecule has 3 rings (SSSR count). The number of nitrogens with zero attached hydrogens (tertiary/aromatic N) is 3. The van der Waals surface area contributed by atoms with Crippen molar-refractivity contribution in [3.63, 3.8) is 0 Å². The molecule has 0 fully saturated rings. The number of anilines is 1. The van der Waals surface area contributed by atoms with Crippen molar-refractivity contribution in [2.45, 2.75) is 32.0 Å². The maximum absolute atomic E-state index is 12.5. The fourth-order valence-corrected chi connectivity index (χ4v) is 3.82. The Hall–Kier alpha value is -3.33. The molecule has 2 N–H and O–H groups in total. The minimum Gasteiger partial charge on any atom is -0.497 e. The summed E-state index contributed by atoms with van der Waals surface area (Å²) >= 11 is 1.29. The van der Waals surface area contributed by atoms with Crippen LogP contribution in [0.2, 0.25) is 0 Å². The number of nitrogens with one attached hydrogen (secondary N) is 2. The van der Waals surface area contributed by atoms with Gasteiger partial charge < -0.3 is 19.9 Å². The van der Waals surface area contributed by atoms with Crippen LogP contribution in [-0.2, 0) is 11.8 Å². The van der Waals surface area contributed by atoms with Gasteiger partial charge in [-0.3, -0.25) is 9.59 Å². The van der Waals surface area contributed by atoms with E-state index in [1.165, 1.54) is 11.8 Å². The molecule has 0 saturated carbocycles. The molecule has 9 heteroatoms. The Morgan fingerprint density at radius 3 is 2.53 bits per heavy atom. The predicted molar refractivity (Wildman–Crippen MR) is 125 cm³/mol. The summed E-state index contributed by atoms with van der Waals surface area (Å²) in [4.78, 5) is 24.9. The van der Waals surface area contributed by atoms with Gasteiger partial charge in [-0.15, -0.1) is 10.2 Å². The molecular formula is C23H27N5O3S. The third-order valence-electron chi connectivity index (χ3n) is 4.96. The van der Waals surface area contributed by atoms with Crippen LogP contribution in [0.5, 0.6) is 5.75 Å². The largest absolute Gasteiger partial charge is 0.497 e. The molecule has 32 heavy (non-hydrogen) atoms. The Kier molecular flexibility index (Phi) is 7.53. The summed E-state index contributed by atoms with van der Waals surface area (Å²) in [6, 6.07) is 12.5. The van der Waals surface area contributed by atoms with Crippen LogP contribution in [0.4, 0.5) is 5.69 Å². The molecular weight excluding hydrogens is 426 g/mol. The number of carbonyl (C=O) groups is 2. The van der Waals surface area contributed by atoms with Gasteiger partial charge in [0.1, 0.15) is 5.75 Å². The molecule has 0 radical (unpaired) electrons. The first-order valence-corrected chi connectivity index (χ1v) is 11.1. The molecule has 0 aliphatic carbocycles. The molecule has 2 aromatic carbocycles. The van der Waals surface area contributed by atoms with Gasteiger partial charge in [0.2, 0.25) is 5.91 Å². The molecule has 2 amide bonds. The highest BCUT2D eigenvalue weighted by molar-refractivity contribution is 7.99. The molecule has 8 nitrogen and oxygen atoms in total. The van der Waals surface area contributed by atoms with Crippen molar-refractivity contribution in [1.29, 1.82) is 0 Å². The standard InChI is InChI=1S/C23H27N5O3S/c1-14-6-7-15(2)19(12-14)25-20(29)13-32-23-27-26-21(28(23)4)16(3)24-22(30)17-8-10-18(31-5)11-9-17/h6-12,16H,13H2,1-5H3,(H,24,30)(H,25,29)/t16-/m0/s1. The lowest BCUT2D eigenvalue weighted by atomic mass is 10.1. The second kappa shape index (κ2) is 10.3. The third-order valence-corrected chi connectivity index (χ3v) is 5.98. The van der Waals surface area contributed by atoms with Gasteiger partial charge in [0.25, 0.3) is 5.91 Å². The monoisotopic (exact) mass is 453 g/mol. The zero-order valence-corrected chi connectivity index (χ0v) is 19.6. The van der Waals surface area contributed by atoms with Gasteiger partial charge in [-0.25, -0.2) is 0 Å². The van der Waals surface area contributed by atoms with Gasteiger partial charge in [0, 0.05) is 18.3 Å². The van der Waals surface area contributed by atoms with E-state index in [0.717, 1.165) is 16.8 Å². The van der Waals surface area contributed by atoms with E-state index in [9.17, 15) is 9.59 Å². The van der Waals surface area contributed by atoms with Crippen molar-refractivity contribution in [3.05, 3.63) is 65.0 Å². The Balaban J connectivity index is 1.58. The number of methoxy groups -OCH3 is 1. The smallest absolute Gasteiger partial charge is 0.251 e. The molecule has 3 aromatic rings. The molecule has 0 aliphatic heterocycles. The first-order valence-electron chi connectivity index (χ1n) is 10.1. The van der Waals surface area contributed by atoms with Crippen molar-refractivity contribution >= 4 is 29.3 Å². The zero-order chi connectivity index (χ0) is 23.3. The van der Waals surface area contributed by atoms with Gasteiger partial charge >= 0.3 is 0 Å². The van der Waals surface area contributed by atoms with Crippen LogP contribution in [0, 0.1) is 13.8 Å². The molecule has 168 valence electrons. The van der Waals surface area contributed by atoms with Crippen molar-refractivity contribution in [2.75, 3.05) is 18.2 Å². The number of hydrogen-bond donors (Lipinski definition) is 2. The summed E-state index contributed by atoms with van der Waals surface area (Å²) < 4.78 is 6.90. The number of hydrogen-bond acceptors (Lipinski definition) is 6. The number of thioether (sulfide) groups is 1. The van der Waals surface area contributed by atoms with Crippen molar-refractivity contribution < 1.29 is 14.3 Å². The summed E-state index contributed by atoms with van der Waals surface area (Å²) in [5, 5.41) is 14.8. The van der Waals surface area contributed by atoms with E-state index in [0.29, 0.717) is 22.3 Å². The number of amides is 2. The van der Waals surface area contributed by atoms with Crippen LogP contribution in [0.25, 0.3) is 0 Å². The average molecular weight is 454 g/mol. The number of aromatic nitrogens is 3. The van der Waals surface area contributed by atoms with Crippen LogP contribution in [-0.4, -0.2) is 39.4 Å². The van der Waals surface area contributed by atoms with Gasteiger partial charge in [-0.1, -0.05) is 23.9 Å². The minimum atomic E-state index is -0.361. The molecule has 1 atom stereocenters. The molecule has 0 bridgehead atoms. The number of carbonyl (C=O) groups excluding carboxylic acids is 2. The number of aryl methyl sites for hydroxylation is 2. The van der Waals surface area contributed by atoms with Crippen molar-refractivity contribution in [2.24, 2.45) is 7.05 Å². The fraction of sp³-hybridized carbons (Fsp3) is 0.304. The predicted octanol–water partition coefficient (Wildman–Crippen LogP) is 3.66. The van der Waals surface area contributed by atoms with E-state index >= 15 is 0 Å². The van der Waals surface area contributed by atoms with Crippen LogP contribution in [0.15, 0.2) is 47.6 Å². The first kappa shape index (κ1) is 23.3. The highest BCUT2D eigenvalue weighted by atomic mass is 32.2. The molecule has 1 aromatic heterocycles. The molecule has 0 unspecified atom stereocenters. The van der Waals surface area contributed by atoms with Gasteiger partial charge in [-0.2, -0.15) is 0 Å². The third kappa shape index (κ3) is 5.67. The Morgan fingerprint density at radius 2 is 1.84 bits per heavy atom. The number of rotatable bonds is 8. The highest BCUT2D eigenvalue weighted by Gasteiger charge is 2.19. The van der Waals surface area contributed by atoms with Gasteiger partial charge in [0.05, 0.1) is 18.9 Å². The number of benzene rings is 2. The molecule has 0 aliphatic rings. The molecule has 0 spiro atoms. The molecule has 1 heterocycles. The van der Waals surface area contributed by atoms with Crippen LogP contribution in [0.3, 0.4) is 0 Å². The summed E-state index contributed by atoms with van der Waals surface area (Å²) in [5.41, 5.74) is 3.43. The second-order valence-electron chi connectivity index (χ2n) is 7.48. The fourth-order valence-electron chi connectivity index (χ4n) is 3.10. The van der Waals surface area contributed by atoms with Crippen LogP contribution < -0.4 is 15.4 Å². The topological polar surface area (TPSA) is 98.1 Å². The maximum atomic E-state index is 12.5. The van der Waals surface area contributed by atoms with E-state index in [4.69, 9.17) is 4.74 Å². The SMILES string of the molecule is COc1ccc(C(=O)N[C@@H](C)c2nnc(SCC(=O)Nc3cc(C)ccc3C)n2C)cc1. The summed E-state index contributed by atoms with van der Waals surface area (Å²) in [6.45, 7) is 5.78. The molecule has 0 saturated heterocycles. The van der Waals surface area contributed by atoms with Crippen molar-refractivity contribution in [3.8, 4) is 5.75 Å². The van der Waals surface area contributed by atoms with Gasteiger partial charge in [-0.05, 0) is 62.2 Å². The maximum Gasteiger partial charge on any atom is 0.251 e. The van der Waals surface area contributed by atoms with E-state index < -0.39 is 0 Å². The first-order chi connectivity index (χ1) is 15.3. The normalized spacial score (nSPS) is 11.7. The Morgan fingerprint density at radius 1 is 1.12 bits per heavy atom. The van der Waals surface area contributed by atoms with Crippen LogP contribution >= 0.6 is 11.8 Å². The summed E-state index contributed by atoms with van der Waals surface area (Å²) in [6.07, 6.45) is 0. The average Bonchev–Trinajstić information content (AvgIpc) is 3.15. The van der Waals surface area contributed by atoms with Crippen LogP contribution in [0.1, 0.15) is 40.3 Å². The zero-order valence-electron chi connectivity index (χ0n) is 18.8. The Bertz CT molecular complexity index is 1110. The highest BCUT2D eigenvalue weighted by Crippen LogP contribution is 2.21. The second-order valence-corrected chi connectivity index (χ2v) is 8.42. The minimum absolute atomic E-state index is 0.117. The summed E-state index contributed by atoms with van der Waals surface area (Å²) in [7, 11) is 3.39. The van der Waals surface area contributed by atoms with Gasteiger partial charge in [0.15, 0.2) is 11.0 Å². The van der Waals surface area contributed by atoms with E-state index in [1.54, 1.807) is 35.9 Å². The number of ether oxygens (including phenoxy) is 1. The lowest BCUT2D eigenvalue weighted by Gasteiger charge is -2.14. The lowest BCUT2D eigenvalue weighted by Crippen LogP contribution is -2.28. The quantitative estimate of drug-likeness (QED) is 0.505. The Labute approximate surface area is 191 Å².